The molecule has 2 aromatic rings. The number of anilines is 1. The lowest BCUT2D eigenvalue weighted by Crippen LogP contribution is -2.49. The van der Waals surface area contributed by atoms with E-state index < -0.39 is 22.1 Å². The molecule has 5 aliphatic rings. The molecule has 7 rings (SSSR count). The molecule has 2 aliphatic carbocycles. The Morgan fingerprint density at radius 1 is 0.976 bits per heavy atom. The summed E-state index contributed by atoms with van der Waals surface area (Å²) < 4.78 is 41.3. The average molecular weight is 615 g/mol. The number of nitrogens with zero attached hydrogens (tertiary/aromatic N) is 2. The van der Waals surface area contributed by atoms with Gasteiger partial charge in [-0.05, 0) is 91.8 Å². The lowest BCUT2D eigenvalue weighted by molar-refractivity contribution is 0.0652. The van der Waals surface area contributed by atoms with E-state index in [2.05, 4.69) is 21.0 Å². The van der Waals surface area contributed by atoms with Crippen LogP contribution in [0.25, 0.3) is 0 Å². The number of cyclic esters (lactones) is 1. The third kappa shape index (κ3) is 5.04. The van der Waals surface area contributed by atoms with Crippen LogP contribution < -0.4 is 19.7 Å². The Morgan fingerprint density at radius 3 is 2.67 bits per heavy atom. The summed E-state index contributed by atoms with van der Waals surface area (Å²) in [7, 11) is -4.16. The molecule has 3 aliphatic heterocycles. The molecule has 2 aromatic carbocycles. The number of urea groups is 1. The number of alkyl carbamates (subject to hydrolysis) is 1. The Morgan fingerprint density at radius 2 is 1.83 bits per heavy atom. The van der Waals surface area contributed by atoms with Gasteiger partial charge in [-0.25, -0.2) is 22.7 Å². The monoisotopic (exact) mass is 614 g/mol. The maximum atomic E-state index is 13.5. The first kappa shape index (κ1) is 27.6. The topological polar surface area (TPSA) is 117 Å². The van der Waals surface area contributed by atoms with Crippen molar-refractivity contribution < 1.29 is 27.5 Å². The van der Waals surface area contributed by atoms with Crippen LogP contribution in [0, 0.1) is 11.8 Å². The molecule has 0 radical (unpaired) electrons. The Labute approximate surface area is 250 Å². The number of amides is 3. The van der Waals surface area contributed by atoms with E-state index in [0.29, 0.717) is 55.7 Å². The first-order valence-electron chi connectivity index (χ1n) is 14.7. The largest absolute Gasteiger partial charge is 0.490 e. The van der Waals surface area contributed by atoms with E-state index in [-0.39, 0.29) is 34.7 Å². The number of hydrogen-bond donors (Lipinski definition) is 2. The van der Waals surface area contributed by atoms with Crippen LogP contribution in [-0.2, 0) is 26.6 Å². The van der Waals surface area contributed by atoms with Crippen molar-refractivity contribution in [1.82, 2.24) is 14.9 Å². The predicted molar refractivity (Wildman–Crippen MR) is 157 cm³/mol. The average Bonchev–Trinajstić information content (AvgIpc) is 3.35. The van der Waals surface area contributed by atoms with E-state index in [9.17, 15) is 18.0 Å². The number of halogens is 1. The molecular formula is C30H35ClN4O6S. The van der Waals surface area contributed by atoms with Crippen LogP contribution in [0.3, 0.4) is 0 Å². The Kier molecular flexibility index (Phi) is 6.92. The molecule has 2 fully saturated rings. The van der Waals surface area contributed by atoms with Crippen molar-refractivity contribution in [1.29, 1.82) is 0 Å². The Balaban J connectivity index is 1.28. The minimum Gasteiger partial charge on any atom is -0.490 e. The number of carbonyl (C=O) groups excluding carboxylic acids is 2. The third-order valence-electron chi connectivity index (χ3n) is 9.80. The highest BCUT2D eigenvalue weighted by Crippen LogP contribution is 2.46. The predicted octanol–water partition coefficient (Wildman–Crippen LogP) is 4.05. The van der Waals surface area contributed by atoms with Gasteiger partial charge >= 0.3 is 12.1 Å². The summed E-state index contributed by atoms with van der Waals surface area (Å²) in [6, 6.07) is 9.93. The van der Waals surface area contributed by atoms with Crippen molar-refractivity contribution in [2.75, 3.05) is 44.3 Å². The molecule has 1 saturated carbocycles. The highest BCUT2D eigenvalue weighted by molar-refractivity contribution is 7.90. The van der Waals surface area contributed by atoms with Gasteiger partial charge in [0.2, 0.25) is 0 Å². The van der Waals surface area contributed by atoms with Crippen LogP contribution in [-0.4, -0.2) is 70.9 Å². The fraction of sp³-hybridized carbons (Fsp3) is 0.533. The number of fused-ring (bicyclic) bond motifs is 6. The summed E-state index contributed by atoms with van der Waals surface area (Å²) in [5.41, 5.74) is 2.84. The van der Waals surface area contributed by atoms with E-state index in [4.69, 9.17) is 21.1 Å². The van der Waals surface area contributed by atoms with Gasteiger partial charge in [0.1, 0.15) is 5.75 Å². The summed E-state index contributed by atoms with van der Waals surface area (Å²) in [6.45, 7) is 2.64. The second-order valence-electron chi connectivity index (χ2n) is 12.4. The van der Waals surface area contributed by atoms with Gasteiger partial charge in [0.25, 0.3) is 10.0 Å². The number of nitrogens with one attached hydrogen (secondary N) is 2. The molecule has 1 saturated heterocycles. The van der Waals surface area contributed by atoms with E-state index in [1.807, 2.05) is 12.1 Å². The molecule has 10 nitrogen and oxygen atoms in total. The lowest BCUT2D eigenvalue weighted by Gasteiger charge is -2.44. The van der Waals surface area contributed by atoms with Gasteiger partial charge in [-0.3, -0.25) is 0 Å². The SMILES string of the molecule is O=C1N[C@@H]2CCN(C2)C(=O)NS(=O)(=O)c2ccc3c(c2)N(C[C@@H]2CC[C@H]2CO1)CC1(CCCc2cc(Cl)ccc21)CO3. The van der Waals surface area contributed by atoms with E-state index in [1.165, 1.54) is 22.1 Å². The summed E-state index contributed by atoms with van der Waals surface area (Å²) in [5.74, 6) is 1.10. The van der Waals surface area contributed by atoms with Crippen molar-refractivity contribution >= 4 is 39.4 Å². The normalized spacial score (nSPS) is 30.4. The molecule has 1 spiro atoms. The molecule has 42 heavy (non-hydrogen) atoms. The highest BCUT2D eigenvalue weighted by atomic mass is 35.5. The van der Waals surface area contributed by atoms with Gasteiger partial charge in [-0.2, -0.15) is 0 Å². The number of rotatable bonds is 0. The van der Waals surface area contributed by atoms with Crippen LogP contribution in [0.1, 0.15) is 43.2 Å². The van der Waals surface area contributed by atoms with Crippen molar-refractivity contribution in [3.63, 3.8) is 0 Å². The summed E-state index contributed by atoms with van der Waals surface area (Å²) in [5, 5.41) is 3.55. The van der Waals surface area contributed by atoms with Crippen molar-refractivity contribution in [3.05, 3.63) is 52.5 Å². The van der Waals surface area contributed by atoms with E-state index >= 15 is 0 Å². The standard InChI is InChI=1S/C30H35ClN4O6S/c31-22-5-7-25-19(12-22)2-1-10-30(25)17-35-14-20-3-4-21(20)16-40-29(37)32-23-9-11-34(15-23)28(36)33-42(38,39)24-6-8-27(41-18-30)26(35)13-24/h5-8,12-13,20-21,23H,1-4,9-11,14-18H2,(H,32,37)(H,33,36)/t20-,21-,23+,30?/m0/s1. The maximum absolute atomic E-state index is 13.5. The molecule has 0 aromatic heterocycles. The van der Waals surface area contributed by atoms with Gasteiger partial charge < -0.3 is 24.6 Å². The smallest absolute Gasteiger partial charge is 0.407 e. The minimum absolute atomic E-state index is 0.0110. The molecule has 3 heterocycles. The number of aryl methyl sites for hydroxylation is 1. The summed E-state index contributed by atoms with van der Waals surface area (Å²) >= 11 is 6.37. The Bertz CT molecular complexity index is 1540. The zero-order valence-corrected chi connectivity index (χ0v) is 24.9. The fourth-order valence-electron chi connectivity index (χ4n) is 7.33. The second-order valence-corrected chi connectivity index (χ2v) is 14.5. The van der Waals surface area contributed by atoms with Crippen LogP contribution >= 0.6 is 11.6 Å². The molecule has 1 unspecified atom stereocenters. The van der Waals surface area contributed by atoms with Crippen LogP contribution in [0.15, 0.2) is 41.3 Å². The molecule has 2 N–H and O–H groups in total. The highest BCUT2D eigenvalue weighted by Gasteiger charge is 2.44. The molecule has 3 amide bonds. The molecule has 4 bridgehead atoms. The number of sulfonamides is 1. The Hall–Kier alpha value is -3.18. The van der Waals surface area contributed by atoms with E-state index in [0.717, 1.165) is 32.1 Å². The zero-order chi connectivity index (χ0) is 29.1. The number of ether oxygens (including phenoxy) is 2. The first-order valence-corrected chi connectivity index (χ1v) is 16.6. The molecule has 4 atom stereocenters. The van der Waals surface area contributed by atoms with Gasteiger partial charge in [-0.15, -0.1) is 0 Å². The molecular weight excluding hydrogens is 580 g/mol. The minimum atomic E-state index is -4.16. The van der Waals surface area contributed by atoms with Gasteiger partial charge in [0.15, 0.2) is 0 Å². The number of benzene rings is 2. The number of carbonyl (C=O) groups is 2. The summed E-state index contributed by atoms with van der Waals surface area (Å²) in [4.78, 5) is 29.2. The summed E-state index contributed by atoms with van der Waals surface area (Å²) in [6.07, 6.45) is 4.86. The van der Waals surface area contributed by atoms with Crippen LogP contribution in [0.5, 0.6) is 5.75 Å². The second kappa shape index (κ2) is 10.5. The first-order chi connectivity index (χ1) is 20.2. The molecule has 12 heteroatoms. The van der Waals surface area contributed by atoms with Crippen molar-refractivity contribution in [2.45, 2.75) is 54.9 Å². The van der Waals surface area contributed by atoms with Gasteiger partial charge in [0, 0.05) is 36.6 Å². The van der Waals surface area contributed by atoms with Gasteiger partial charge in [-0.1, -0.05) is 17.7 Å². The lowest BCUT2D eigenvalue weighted by atomic mass is 9.69. The van der Waals surface area contributed by atoms with Crippen molar-refractivity contribution in [3.8, 4) is 5.75 Å². The van der Waals surface area contributed by atoms with E-state index in [1.54, 1.807) is 12.1 Å². The van der Waals surface area contributed by atoms with Gasteiger partial charge in [0.05, 0.1) is 29.8 Å². The van der Waals surface area contributed by atoms with Crippen molar-refractivity contribution in [2.24, 2.45) is 11.8 Å². The van der Waals surface area contributed by atoms with Crippen LogP contribution in [0.4, 0.5) is 15.3 Å². The third-order valence-corrected chi connectivity index (χ3v) is 11.3. The molecule has 224 valence electrons. The number of hydrogen-bond acceptors (Lipinski definition) is 7. The zero-order valence-electron chi connectivity index (χ0n) is 23.3. The fourth-order valence-corrected chi connectivity index (χ4v) is 8.52. The maximum Gasteiger partial charge on any atom is 0.407 e. The quantitative estimate of drug-likeness (QED) is 0.460. The van der Waals surface area contributed by atoms with Crippen LogP contribution in [0.2, 0.25) is 5.02 Å².